The molecule has 0 saturated heterocycles. The summed E-state index contributed by atoms with van der Waals surface area (Å²) in [4.78, 5) is 4.19. The molecule has 1 aromatic carbocycles. The molecule has 0 aliphatic carbocycles. The molecule has 12 heavy (non-hydrogen) atoms. The van der Waals surface area contributed by atoms with Crippen molar-refractivity contribution in [3.63, 3.8) is 0 Å². The zero-order valence-electron chi connectivity index (χ0n) is 6.27. The number of fused-ring (bicyclic) bond motifs is 1. The van der Waals surface area contributed by atoms with E-state index in [1.165, 1.54) is 16.9 Å². The molecule has 0 aliphatic rings. The third kappa shape index (κ3) is 1.37. The van der Waals surface area contributed by atoms with Gasteiger partial charge in [-0.1, -0.05) is 11.6 Å². The van der Waals surface area contributed by atoms with E-state index in [0.29, 0.717) is 4.47 Å². The average Bonchev–Trinajstić information content (AvgIpc) is 2.29. The fourth-order valence-electron chi connectivity index (χ4n) is 1.09. The predicted octanol–water partition coefficient (Wildman–Crippen LogP) is 4.02. The van der Waals surface area contributed by atoms with Crippen LogP contribution in [0.15, 0.2) is 16.6 Å². The van der Waals surface area contributed by atoms with Crippen LogP contribution in [0.4, 0.5) is 0 Å². The number of halogens is 2. The van der Waals surface area contributed by atoms with E-state index in [2.05, 4.69) is 33.9 Å². The molecule has 0 spiro atoms. The van der Waals surface area contributed by atoms with Crippen LogP contribution < -0.4 is 0 Å². The maximum Gasteiger partial charge on any atom is 0.184 e. The standard InChI is InChI=1S/C8H5BrClNS/c1-4-2-5(9)7-6(3-4)12-8(10)11-7/h2-3H,1H3. The lowest BCUT2D eigenvalue weighted by Gasteiger charge is -1.94. The van der Waals surface area contributed by atoms with Gasteiger partial charge in [-0.15, -0.1) is 11.3 Å². The van der Waals surface area contributed by atoms with Gasteiger partial charge in [0.25, 0.3) is 0 Å². The summed E-state index contributed by atoms with van der Waals surface area (Å²) in [5.41, 5.74) is 2.17. The summed E-state index contributed by atoms with van der Waals surface area (Å²) >= 11 is 10.7. The first kappa shape index (κ1) is 8.48. The van der Waals surface area contributed by atoms with Gasteiger partial charge in [-0.2, -0.15) is 0 Å². The lowest BCUT2D eigenvalue weighted by molar-refractivity contribution is 1.44. The zero-order chi connectivity index (χ0) is 8.72. The SMILES string of the molecule is Cc1cc(Br)c2nc(Cl)sc2c1. The summed E-state index contributed by atoms with van der Waals surface area (Å²) in [6.07, 6.45) is 0. The molecule has 62 valence electrons. The Bertz CT molecular complexity index is 438. The van der Waals surface area contributed by atoms with Crippen molar-refractivity contribution < 1.29 is 0 Å². The van der Waals surface area contributed by atoms with Gasteiger partial charge in [0.2, 0.25) is 0 Å². The Morgan fingerprint density at radius 2 is 2.25 bits per heavy atom. The van der Waals surface area contributed by atoms with Crippen LogP contribution in [0.2, 0.25) is 4.47 Å². The molecule has 0 radical (unpaired) electrons. The number of thiazole rings is 1. The zero-order valence-corrected chi connectivity index (χ0v) is 9.42. The minimum absolute atomic E-state index is 0.594. The van der Waals surface area contributed by atoms with E-state index in [-0.39, 0.29) is 0 Å². The Hall–Kier alpha value is -0.120. The summed E-state index contributed by atoms with van der Waals surface area (Å²) in [6.45, 7) is 2.05. The van der Waals surface area contributed by atoms with Crippen LogP contribution in [0, 0.1) is 6.92 Å². The summed E-state index contributed by atoms with van der Waals surface area (Å²) in [7, 11) is 0. The Kier molecular flexibility index (Phi) is 2.10. The van der Waals surface area contributed by atoms with E-state index in [1.807, 2.05) is 6.07 Å². The van der Waals surface area contributed by atoms with Crippen LogP contribution >= 0.6 is 38.9 Å². The lowest BCUT2D eigenvalue weighted by Crippen LogP contribution is -1.74. The largest absolute Gasteiger partial charge is 0.224 e. The Balaban J connectivity index is 2.88. The van der Waals surface area contributed by atoms with E-state index in [1.54, 1.807) is 0 Å². The second-order valence-electron chi connectivity index (χ2n) is 2.56. The number of hydrogen-bond donors (Lipinski definition) is 0. The van der Waals surface area contributed by atoms with E-state index < -0.39 is 0 Å². The normalized spacial score (nSPS) is 10.9. The van der Waals surface area contributed by atoms with Gasteiger partial charge in [-0.05, 0) is 40.5 Å². The van der Waals surface area contributed by atoms with Gasteiger partial charge in [0.05, 0.1) is 10.2 Å². The fraction of sp³-hybridized carbons (Fsp3) is 0.125. The molecule has 0 bridgehead atoms. The van der Waals surface area contributed by atoms with Crippen LogP contribution in [-0.4, -0.2) is 4.98 Å². The quantitative estimate of drug-likeness (QED) is 0.699. The van der Waals surface area contributed by atoms with Crippen molar-refractivity contribution in [3.05, 3.63) is 26.6 Å². The van der Waals surface area contributed by atoms with Crippen molar-refractivity contribution in [2.24, 2.45) is 0 Å². The monoisotopic (exact) mass is 261 g/mol. The number of nitrogens with zero attached hydrogens (tertiary/aromatic N) is 1. The Morgan fingerprint density at radius 3 is 3.00 bits per heavy atom. The van der Waals surface area contributed by atoms with Crippen LogP contribution in [0.3, 0.4) is 0 Å². The molecule has 1 aromatic heterocycles. The van der Waals surface area contributed by atoms with E-state index in [0.717, 1.165) is 14.7 Å². The number of benzene rings is 1. The number of rotatable bonds is 0. The van der Waals surface area contributed by atoms with Crippen LogP contribution in [0.25, 0.3) is 10.2 Å². The summed E-state index contributed by atoms with van der Waals surface area (Å²) in [5, 5.41) is 0. The summed E-state index contributed by atoms with van der Waals surface area (Å²) in [5.74, 6) is 0. The minimum Gasteiger partial charge on any atom is -0.224 e. The summed E-state index contributed by atoms with van der Waals surface area (Å²) in [6, 6.07) is 4.13. The van der Waals surface area contributed by atoms with Crippen LogP contribution in [0.5, 0.6) is 0 Å². The highest BCUT2D eigenvalue weighted by Gasteiger charge is 2.05. The van der Waals surface area contributed by atoms with Gasteiger partial charge < -0.3 is 0 Å². The van der Waals surface area contributed by atoms with Crippen LogP contribution in [-0.2, 0) is 0 Å². The molecule has 1 heterocycles. The summed E-state index contributed by atoms with van der Waals surface area (Å²) < 4.78 is 2.74. The van der Waals surface area contributed by atoms with Gasteiger partial charge >= 0.3 is 0 Å². The highest BCUT2D eigenvalue weighted by Crippen LogP contribution is 2.31. The maximum atomic E-state index is 5.79. The van der Waals surface area contributed by atoms with Gasteiger partial charge in [-0.3, -0.25) is 0 Å². The Labute approximate surface area is 87.5 Å². The molecule has 0 unspecified atom stereocenters. The second-order valence-corrected chi connectivity index (χ2v) is 5.03. The smallest absolute Gasteiger partial charge is 0.184 e. The first-order valence-electron chi connectivity index (χ1n) is 3.39. The van der Waals surface area contributed by atoms with E-state index >= 15 is 0 Å². The molecule has 1 nitrogen and oxygen atoms in total. The van der Waals surface area contributed by atoms with Gasteiger partial charge in [0.15, 0.2) is 4.47 Å². The van der Waals surface area contributed by atoms with Crippen molar-refractivity contribution in [2.75, 3.05) is 0 Å². The molecule has 0 amide bonds. The maximum absolute atomic E-state index is 5.79. The molecular weight excluding hydrogens is 258 g/mol. The van der Waals surface area contributed by atoms with Crippen molar-refractivity contribution >= 4 is 49.1 Å². The highest BCUT2D eigenvalue weighted by molar-refractivity contribution is 9.10. The topological polar surface area (TPSA) is 12.9 Å². The third-order valence-corrected chi connectivity index (χ3v) is 3.28. The molecule has 0 N–H and O–H groups in total. The average molecular weight is 263 g/mol. The molecule has 0 fully saturated rings. The highest BCUT2D eigenvalue weighted by atomic mass is 79.9. The van der Waals surface area contributed by atoms with E-state index in [9.17, 15) is 0 Å². The lowest BCUT2D eigenvalue weighted by atomic mass is 10.2. The second kappa shape index (κ2) is 2.98. The first-order valence-corrected chi connectivity index (χ1v) is 5.38. The first-order chi connectivity index (χ1) is 5.66. The minimum atomic E-state index is 0.594. The molecule has 0 aliphatic heterocycles. The molecule has 2 aromatic rings. The Morgan fingerprint density at radius 1 is 1.50 bits per heavy atom. The van der Waals surface area contributed by atoms with Crippen LogP contribution in [0.1, 0.15) is 5.56 Å². The van der Waals surface area contributed by atoms with Crippen molar-refractivity contribution in [3.8, 4) is 0 Å². The number of aromatic nitrogens is 1. The van der Waals surface area contributed by atoms with E-state index in [4.69, 9.17) is 11.6 Å². The van der Waals surface area contributed by atoms with Crippen molar-refractivity contribution in [1.82, 2.24) is 4.98 Å². The number of aryl methyl sites for hydroxylation is 1. The van der Waals surface area contributed by atoms with Gasteiger partial charge in [-0.25, -0.2) is 4.98 Å². The fourth-order valence-corrected chi connectivity index (χ4v) is 3.03. The van der Waals surface area contributed by atoms with Crippen molar-refractivity contribution in [1.29, 1.82) is 0 Å². The molecule has 2 rings (SSSR count). The molecule has 0 saturated carbocycles. The molecule has 4 heteroatoms. The number of hydrogen-bond acceptors (Lipinski definition) is 2. The van der Waals surface area contributed by atoms with Gasteiger partial charge in [0, 0.05) is 4.47 Å². The molecule has 0 atom stereocenters. The third-order valence-electron chi connectivity index (χ3n) is 1.57. The molecular formula is C8H5BrClNS. The predicted molar refractivity (Wildman–Crippen MR) is 57.1 cm³/mol. The van der Waals surface area contributed by atoms with Crippen molar-refractivity contribution in [2.45, 2.75) is 6.92 Å². The van der Waals surface area contributed by atoms with Gasteiger partial charge in [0.1, 0.15) is 0 Å².